The number of furan rings is 1. The lowest BCUT2D eigenvalue weighted by Crippen LogP contribution is -2.41. The van der Waals surface area contributed by atoms with Crippen molar-refractivity contribution < 1.29 is 13.9 Å². The zero-order valence-corrected chi connectivity index (χ0v) is 13.1. The molecule has 1 aromatic heterocycles. The summed E-state index contributed by atoms with van der Waals surface area (Å²) in [5.41, 5.74) is 0. The van der Waals surface area contributed by atoms with Crippen LogP contribution in [0.25, 0.3) is 0 Å². The monoisotopic (exact) mass is 306 g/mol. The second-order valence-corrected chi connectivity index (χ2v) is 6.51. The van der Waals surface area contributed by atoms with Gasteiger partial charge in [-0.1, -0.05) is 0 Å². The Morgan fingerprint density at radius 2 is 2.14 bits per heavy atom. The molecule has 2 aliphatic heterocycles. The molecule has 1 atom stereocenters. The second kappa shape index (κ2) is 7.79. The molecule has 0 aliphatic carbocycles. The number of carbonyl (C=O) groups is 1. The van der Waals surface area contributed by atoms with Crippen molar-refractivity contribution in [2.45, 2.75) is 25.7 Å². The van der Waals surface area contributed by atoms with Crippen LogP contribution in [0.4, 0.5) is 0 Å². The van der Waals surface area contributed by atoms with Gasteiger partial charge in [0.15, 0.2) is 5.76 Å². The van der Waals surface area contributed by atoms with Crippen LogP contribution >= 0.6 is 0 Å². The Hall–Kier alpha value is -1.33. The predicted molar refractivity (Wildman–Crippen MR) is 83.7 cm³/mol. The Kier molecular flexibility index (Phi) is 5.51. The van der Waals surface area contributed by atoms with Crippen LogP contribution in [0.15, 0.2) is 22.8 Å². The van der Waals surface area contributed by atoms with E-state index in [9.17, 15) is 4.79 Å². The van der Waals surface area contributed by atoms with Crippen LogP contribution in [-0.2, 0) is 4.74 Å². The van der Waals surface area contributed by atoms with E-state index in [1.54, 1.807) is 12.1 Å². The highest BCUT2D eigenvalue weighted by atomic mass is 16.5. The third-order valence-electron chi connectivity index (χ3n) is 4.77. The van der Waals surface area contributed by atoms with Crippen molar-refractivity contribution in [1.29, 1.82) is 0 Å². The quantitative estimate of drug-likeness (QED) is 0.905. The molecule has 1 aromatic rings. The fourth-order valence-corrected chi connectivity index (χ4v) is 3.42. The molecule has 3 heterocycles. The number of likely N-dealkylation sites (tertiary alicyclic amines) is 1. The Morgan fingerprint density at radius 1 is 1.27 bits per heavy atom. The first-order chi connectivity index (χ1) is 10.8. The van der Waals surface area contributed by atoms with Gasteiger partial charge in [0.05, 0.1) is 12.9 Å². The highest BCUT2D eigenvalue weighted by Gasteiger charge is 2.23. The summed E-state index contributed by atoms with van der Waals surface area (Å²) < 4.78 is 10.7. The third-order valence-corrected chi connectivity index (χ3v) is 4.77. The van der Waals surface area contributed by atoms with Crippen molar-refractivity contribution in [2.24, 2.45) is 11.8 Å². The van der Waals surface area contributed by atoms with Crippen molar-refractivity contribution in [3.05, 3.63) is 24.2 Å². The third kappa shape index (κ3) is 4.34. The highest BCUT2D eigenvalue weighted by molar-refractivity contribution is 5.91. The summed E-state index contributed by atoms with van der Waals surface area (Å²) in [5, 5.41) is 2.98. The Bertz CT molecular complexity index is 446. The first kappa shape index (κ1) is 15.6. The lowest BCUT2D eigenvalue weighted by molar-refractivity contribution is 0.0326. The first-order valence-corrected chi connectivity index (χ1v) is 8.43. The number of nitrogens with zero attached hydrogens (tertiary/aromatic N) is 1. The maximum Gasteiger partial charge on any atom is 0.286 e. The van der Waals surface area contributed by atoms with Gasteiger partial charge in [-0.15, -0.1) is 0 Å². The summed E-state index contributed by atoms with van der Waals surface area (Å²) in [4.78, 5) is 14.4. The number of hydrogen-bond acceptors (Lipinski definition) is 4. The molecule has 0 saturated carbocycles. The van der Waals surface area contributed by atoms with Crippen molar-refractivity contribution in [1.82, 2.24) is 10.2 Å². The zero-order chi connectivity index (χ0) is 15.2. The molecule has 2 saturated heterocycles. The lowest BCUT2D eigenvalue weighted by Gasteiger charge is -2.35. The molecule has 1 N–H and O–H groups in total. The van der Waals surface area contributed by atoms with Gasteiger partial charge in [-0.3, -0.25) is 4.79 Å². The number of rotatable bonds is 5. The van der Waals surface area contributed by atoms with Gasteiger partial charge in [0.1, 0.15) is 0 Å². The molecule has 0 aromatic carbocycles. The summed E-state index contributed by atoms with van der Waals surface area (Å²) >= 11 is 0. The Labute approximate surface area is 132 Å². The normalized spacial score (nSPS) is 24.3. The fraction of sp³-hybridized carbons (Fsp3) is 0.706. The SMILES string of the molecule is O=C(NCC1CCN(CC2CCCOC2)CC1)c1ccco1. The number of carbonyl (C=O) groups excluding carboxylic acids is 1. The average Bonchev–Trinajstić information content (AvgIpc) is 3.09. The lowest BCUT2D eigenvalue weighted by atomic mass is 9.94. The van der Waals surface area contributed by atoms with Crippen molar-refractivity contribution >= 4 is 5.91 Å². The molecule has 0 spiro atoms. The minimum atomic E-state index is -0.105. The second-order valence-electron chi connectivity index (χ2n) is 6.51. The smallest absolute Gasteiger partial charge is 0.286 e. The topological polar surface area (TPSA) is 54.7 Å². The largest absolute Gasteiger partial charge is 0.459 e. The van der Waals surface area contributed by atoms with E-state index in [2.05, 4.69) is 10.2 Å². The molecular formula is C17H26N2O3. The summed E-state index contributed by atoms with van der Waals surface area (Å²) in [7, 11) is 0. The van der Waals surface area contributed by atoms with Gasteiger partial charge in [0.2, 0.25) is 0 Å². The van der Waals surface area contributed by atoms with Crippen LogP contribution in [0.3, 0.4) is 0 Å². The molecule has 5 nitrogen and oxygen atoms in total. The maximum atomic E-state index is 11.8. The molecule has 2 aliphatic rings. The average molecular weight is 306 g/mol. The van der Waals surface area contributed by atoms with E-state index >= 15 is 0 Å². The first-order valence-electron chi connectivity index (χ1n) is 8.43. The summed E-state index contributed by atoms with van der Waals surface area (Å²) in [5.74, 6) is 1.59. The van der Waals surface area contributed by atoms with E-state index in [4.69, 9.17) is 9.15 Å². The van der Waals surface area contributed by atoms with E-state index in [0.29, 0.717) is 17.6 Å². The molecule has 0 radical (unpaired) electrons. The van der Waals surface area contributed by atoms with Crippen LogP contribution in [0.5, 0.6) is 0 Å². The van der Waals surface area contributed by atoms with Gasteiger partial charge in [-0.25, -0.2) is 0 Å². The standard InChI is InChI=1S/C17H26N2O3/c20-17(16-4-2-10-22-16)18-11-14-5-7-19(8-6-14)12-15-3-1-9-21-13-15/h2,4,10,14-15H,1,3,5-9,11-13H2,(H,18,20). The van der Waals surface area contributed by atoms with Crippen LogP contribution in [0.1, 0.15) is 36.2 Å². The van der Waals surface area contributed by atoms with Gasteiger partial charge in [0.25, 0.3) is 5.91 Å². The zero-order valence-electron chi connectivity index (χ0n) is 13.1. The van der Waals surface area contributed by atoms with Crippen LogP contribution in [-0.4, -0.2) is 50.2 Å². The van der Waals surface area contributed by atoms with Gasteiger partial charge in [0, 0.05) is 19.7 Å². The number of ether oxygens (including phenoxy) is 1. The van der Waals surface area contributed by atoms with E-state index in [1.807, 2.05) is 0 Å². The van der Waals surface area contributed by atoms with E-state index in [0.717, 1.165) is 45.7 Å². The summed E-state index contributed by atoms with van der Waals surface area (Å²) in [6.45, 7) is 6.06. The molecule has 122 valence electrons. The van der Waals surface area contributed by atoms with Crippen molar-refractivity contribution in [3.63, 3.8) is 0 Å². The number of piperidine rings is 1. The molecule has 1 unspecified atom stereocenters. The minimum absolute atomic E-state index is 0.105. The van der Waals surface area contributed by atoms with Crippen LogP contribution in [0.2, 0.25) is 0 Å². The van der Waals surface area contributed by atoms with Crippen LogP contribution in [0, 0.1) is 11.8 Å². The molecular weight excluding hydrogens is 280 g/mol. The number of hydrogen-bond donors (Lipinski definition) is 1. The predicted octanol–water partition coefficient (Wildman–Crippen LogP) is 2.15. The minimum Gasteiger partial charge on any atom is -0.459 e. The summed E-state index contributed by atoms with van der Waals surface area (Å²) in [6.07, 6.45) is 6.36. The van der Waals surface area contributed by atoms with Crippen molar-refractivity contribution in [3.8, 4) is 0 Å². The molecule has 2 fully saturated rings. The van der Waals surface area contributed by atoms with Crippen LogP contribution < -0.4 is 5.32 Å². The van der Waals surface area contributed by atoms with E-state index in [1.165, 1.54) is 25.6 Å². The van der Waals surface area contributed by atoms with Gasteiger partial charge in [-0.05, 0) is 62.7 Å². The maximum absolute atomic E-state index is 11.8. The highest BCUT2D eigenvalue weighted by Crippen LogP contribution is 2.20. The Morgan fingerprint density at radius 3 is 2.82 bits per heavy atom. The number of nitrogens with one attached hydrogen (secondary N) is 1. The number of amides is 1. The van der Waals surface area contributed by atoms with Gasteiger partial charge < -0.3 is 19.4 Å². The van der Waals surface area contributed by atoms with Crippen molar-refractivity contribution in [2.75, 3.05) is 39.4 Å². The molecule has 1 amide bonds. The molecule has 22 heavy (non-hydrogen) atoms. The van der Waals surface area contributed by atoms with E-state index in [-0.39, 0.29) is 5.91 Å². The molecule has 0 bridgehead atoms. The van der Waals surface area contributed by atoms with Gasteiger partial charge in [-0.2, -0.15) is 0 Å². The Balaban J connectivity index is 1.34. The molecule has 5 heteroatoms. The van der Waals surface area contributed by atoms with Gasteiger partial charge >= 0.3 is 0 Å². The fourth-order valence-electron chi connectivity index (χ4n) is 3.42. The summed E-state index contributed by atoms with van der Waals surface area (Å²) in [6, 6.07) is 3.44. The molecule has 3 rings (SSSR count). The van der Waals surface area contributed by atoms with E-state index < -0.39 is 0 Å².